The molecular formula is C23H40O3Si2. The number of hydrogen-bond donors (Lipinski definition) is 1. The summed E-state index contributed by atoms with van der Waals surface area (Å²) in [4.78, 5) is 0. The van der Waals surface area contributed by atoms with Gasteiger partial charge in [0.15, 0.2) is 8.32 Å². The highest BCUT2D eigenvalue weighted by Crippen LogP contribution is 2.67. The molecule has 2 unspecified atom stereocenters. The van der Waals surface area contributed by atoms with Crippen molar-refractivity contribution in [2.24, 2.45) is 11.8 Å². The molecule has 7 atom stereocenters. The highest BCUT2D eigenvalue weighted by molar-refractivity contribution is 6.71. The quantitative estimate of drug-likeness (QED) is 0.418. The van der Waals surface area contributed by atoms with Crippen LogP contribution in [0.4, 0.5) is 0 Å². The van der Waals surface area contributed by atoms with E-state index in [4.69, 9.17) is 9.16 Å². The molecule has 0 aromatic rings. The summed E-state index contributed by atoms with van der Waals surface area (Å²) in [5.74, 6) is 0.829. The Morgan fingerprint density at radius 2 is 1.96 bits per heavy atom. The van der Waals surface area contributed by atoms with Gasteiger partial charge in [0.05, 0.1) is 12.2 Å². The molecule has 0 amide bonds. The highest BCUT2D eigenvalue weighted by atomic mass is 28.4. The Morgan fingerprint density at radius 1 is 1.21 bits per heavy atom. The molecule has 1 spiro atoms. The molecule has 0 bridgehead atoms. The summed E-state index contributed by atoms with van der Waals surface area (Å²) in [6.07, 6.45) is 11.1. The molecule has 2 aliphatic carbocycles. The maximum atomic E-state index is 12.1. The Bertz CT molecular complexity index is 607. The number of rotatable bonds is 9. The van der Waals surface area contributed by atoms with Gasteiger partial charge in [-0.05, 0) is 68.2 Å². The van der Waals surface area contributed by atoms with Crippen LogP contribution in [0.25, 0.3) is 0 Å². The van der Waals surface area contributed by atoms with Crippen molar-refractivity contribution >= 4 is 17.1 Å². The Balaban J connectivity index is 1.91. The molecule has 3 aliphatic rings. The Labute approximate surface area is 174 Å². The molecule has 3 rings (SSSR count). The van der Waals surface area contributed by atoms with Gasteiger partial charge in [0.2, 0.25) is 0 Å². The van der Waals surface area contributed by atoms with Gasteiger partial charge in [-0.3, -0.25) is 0 Å². The van der Waals surface area contributed by atoms with Gasteiger partial charge in [-0.15, -0.1) is 19.7 Å². The number of allylic oxidation sites excluding steroid dienone is 3. The van der Waals surface area contributed by atoms with Gasteiger partial charge in [0, 0.05) is 21.3 Å². The summed E-state index contributed by atoms with van der Waals surface area (Å²) in [6, 6.07) is 2.06. The first-order valence-electron chi connectivity index (χ1n) is 11.1. The number of hydrogen-bond acceptors (Lipinski definition) is 3. The molecule has 1 N–H and O–H groups in total. The van der Waals surface area contributed by atoms with Crippen molar-refractivity contribution in [1.82, 2.24) is 0 Å². The first-order valence-corrected chi connectivity index (χ1v) is 16.9. The lowest BCUT2D eigenvalue weighted by atomic mass is 9.69. The van der Waals surface area contributed by atoms with Gasteiger partial charge in [-0.25, -0.2) is 0 Å². The summed E-state index contributed by atoms with van der Waals surface area (Å²) in [7, 11) is -2.91. The predicted octanol–water partition coefficient (Wildman–Crippen LogP) is 5.07. The average Bonchev–Trinajstić information content (AvgIpc) is 3.02. The fourth-order valence-electron chi connectivity index (χ4n) is 6.93. The third kappa shape index (κ3) is 3.58. The normalized spacial score (nSPS) is 41.1. The van der Waals surface area contributed by atoms with E-state index in [1.54, 1.807) is 0 Å². The molecule has 0 aromatic carbocycles. The molecule has 1 heterocycles. The van der Waals surface area contributed by atoms with Crippen LogP contribution in [0.2, 0.25) is 37.3 Å². The highest BCUT2D eigenvalue weighted by Gasteiger charge is 2.72. The van der Waals surface area contributed by atoms with E-state index in [0.717, 1.165) is 44.2 Å². The minimum absolute atomic E-state index is 0.285. The fourth-order valence-corrected chi connectivity index (χ4v) is 12.3. The molecule has 2 saturated carbocycles. The van der Waals surface area contributed by atoms with E-state index in [2.05, 4.69) is 51.5 Å². The molecule has 0 aromatic heterocycles. The standard InChI is InChI=1S/C23H40O3Si2/c1-7-10-19-20-17-18(26-28(5,6)16-9-3)11-12-23(20)22(24,13-14-25-23)21(19)27(4)15-8-2/h7-9,18-21,24,27H,1-3,10-17H2,4-6H3/t18-,19-,20-,21?,22-,23+,27?/m0/s1. The Kier molecular flexibility index (Phi) is 6.62. The lowest BCUT2D eigenvalue weighted by molar-refractivity contribution is -0.152. The third-order valence-electron chi connectivity index (χ3n) is 7.77. The van der Waals surface area contributed by atoms with Gasteiger partial charge in [-0.1, -0.05) is 24.8 Å². The van der Waals surface area contributed by atoms with Gasteiger partial charge in [-0.2, -0.15) is 0 Å². The van der Waals surface area contributed by atoms with Crippen molar-refractivity contribution in [3.8, 4) is 0 Å². The van der Waals surface area contributed by atoms with Crippen LogP contribution in [0.3, 0.4) is 0 Å². The average molecular weight is 421 g/mol. The van der Waals surface area contributed by atoms with Crippen LogP contribution in [0, 0.1) is 11.8 Å². The molecule has 0 radical (unpaired) electrons. The van der Waals surface area contributed by atoms with Crippen molar-refractivity contribution in [3.63, 3.8) is 0 Å². The second kappa shape index (κ2) is 8.34. The van der Waals surface area contributed by atoms with Crippen molar-refractivity contribution in [3.05, 3.63) is 38.0 Å². The van der Waals surface area contributed by atoms with E-state index in [1.807, 2.05) is 6.08 Å². The zero-order valence-electron chi connectivity index (χ0n) is 18.2. The van der Waals surface area contributed by atoms with E-state index in [-0.39, 0.29) is 11.7 Å². The third-order valence-corrected chi connectivity index (χ3v) is 13.4. The van der Waals surface area contributed by atoms with E-state index in [1.165, 1.54) is 0 Å². The molecule has 28 heavy (non-hydrogen) atoms. The van der Waals surface area contributed by atoms with E-state index < -0.39 is 22.7 Å². The zero-order valence-corrected chi connectivity index (χ0v) is 20.3. The molecule has 158 valence electrons. The van der Waals surface area contributed by atoms with Crippen LogP contribution in [-0.4, -0.2) is 46.1 Å². The molecule has 5 heteroatoms. The summed E-state index contributed by atoms with van der Waals surface area (Å²) >= 11 is 0. The van der Waals surface area contributed by atoms with Gasteiger partial charge >= 0.3 is 0 Å². The van der Waals surface area contributed by atoms with Crippen LogP contribution < -0.4 is 0 Å². The zero-order chi connectivity index (χ0) is 20.6. The lowest BCUT2D eigenvalue weighted by Crippen LogP contribution is -2.56. The van der Waals surface area contributed by atoms with Crippen LogP contribution in [0.1, 0.15) is 32.1 Å². The van der Waals surface area contributed by atoms with Gasteiger partial charge in [0.25, 0.3) is 0 Å². The summed E-state index contributed by atoms with van der Waals surface area (Å²) < 4.78 is 13.2. The van der Waals surface area contributed by atoms with Gasteiger partial charge in [0.1, 0.15) is 5.60 Å². The second-order valence-corrected chi connectivity index (χ2v) is 17.3. The maximum Gasteiger partial charge on any atom is 0.190 e. The largest absolute Gasteiger partial charge is 0.414 e. The van der Waals surface area contributed by atoms with Crippen LogP contribution >= 0.6 is 0 Å². The first kappa shape index (κ1) is 22.2. The topological polar surface area (TPSA) is 38.7 Å². The SMILES string of the molecule is C=CC[C@@H]1C([SiH](C)CC=C)[C@@]2(O)CCO[C@@]23CC[C@H](O[Si](C)(C)CC=C)C[C@@H]13. The smallest absolute Gasteiger partial charge is 0.190 e. The minimum Gasteiger partial charge on any atom is -0.414 e. The van der Waals surface area contributed by atoms with E-state index in [0.29, 0.717) is 24.0 Å². The predicted molar refractivity (Wildman–Crippen MR) is 123 cm³/mol. The summed E-state index contributed by atoms with van der Waals surface area (Å²) in [6.45, 7) is 19.7. The minimum atomic E-state index is -1.73. The van der Waals surface area contributed by atoms with Gasteiger partial charge < -0.3 is 14.3 Å². The van der Waals surface area contributed by atoms with E-state index >= 15 is 0 Å². The number of aliphatic hydroxyl groups is 1. The Morgan fingerprint density at radius 3 is 2.61 bits per heavy atom. The first-order chi connectivity index (χ1) is 13.2. The summed E-state index contributed by atoms with van der Waals surface area (Å²) in [5, 5.41) is 12.1. The second-order valence-electron chi connectivity index (χ2n) is 10.0. The van der Waals surface area contributed by atoms with E-state index in [9.17, 15) is 5.11 Å². The van der Waals surface area contributed by atoms with Crippen molar-refractivity contribution in [1.29, 1.82) is 0 Å². The molecular weight excluding hydrogens is 380 g/mol. The number of ether oxygens (including phenoxy) is 1. The Hall–Kier alpha value is -0.466. The van der Waals surface area contributed by atoms with Crippen molar-refractivity contribution in [2.45, 2.75) is 86.7 Å². The van der Waals surface area contributed by atoms with Crippen LogP contribution in [-0.2, 0) is 9.16 Å². The maximum absolute atomic E-state index is 12.1. The molecule has 1 aliphatic heterocycles. The molecule has 3 nitrogen and oxygen atoms in total. The summed E-state index contributed by atoms with van der Waals surface area (Å²) in [5.41, 5.74) is -0.662. The molecule has 1 saturated heterocycles. The lowest BCUT2D eigenvalue weighted by Gasteiger charge is -2.47. The van der Waals surface area contributed by atoms with Crippen LogP contribution in [0.15, 0.2) is 38.0 Å². The molecule has 3 fully saturated rings. The monoisotopic (exact) mass is 420 g/mol. The van der Waals surface area contributed by atoms with Crippen LogP contribution in [0.5, 0.6) is 0 Å². The fraction of sp³-hybridized carbons (Fsp3) is 0.739. The van der Waals surface area contributed by atoms with Crippen molar-refractivity contribution < 1.29 is 14.3 Å². The van der Waals surface area contributed by atoms with Crippen molar-refractivity contribution in [2.75, 3.05) is 6.61 Å².